The van der Waals surface area contributed by atoms with E-state index in [9.17, 15) is 4.79 Å². The van der Waals surface area contributed by atoms with E-state index >= 15 is 0 Å². The predicted molar refractivity (Wildman–Crippen MR) is 74.9 cm³/mol. The molecular formula is C16H28O3. The zero-order valence-corrected chi connectivity index (χ0v) is 12.5. The van der Waals surface area contributed by atoms with Crippen molar-refractivity contribution >= 4 is 5.97 Å². The maximum Gasteiger partial charge on any atom is 0.314 e. The normalized spacial score (nSPS) is 22.0. The van der Waals surface area contributed by atoms with Gasteiger partial charge in [0.1, 0.15) is 0 Å². The molecule has 0 N–H and O–H groups in total. The standard InChI is InChI=1S/C16H28O3/c1-3-19-12-16(15(17)18-2,13-8-4-5-9-13)14-10-6-7-11-14/h13-14H,3-12H2,1-2H3. The fourth-order valence-electron chi connectivity index (χ4n) is 4.30. The zero-order valence-electron chi connectivity index (χ0n) is 12.5. The lowest BCUT2D eigenvalue weighted by molar-refractivity contribution is -0.168. The molecule has 2 saturated carbocycles. The van der Waals surface area contributed by atoms with Crippen LogP contribution in [0.15, 0.2) is 0 Å². The van der Waals surface area contributed by atoms with Crippen LogP contribution in [0, 0.1) is 17.3 Å². The van der Waals surface area contributed by atoms with Crippen molar-refractivity contribution in [3.63, 3.8) is 0 Å². The maximum atomic E-state index is 12.6. The van der Waals surface area contributed by atoms with Gasteiger partial charge in [0, 0.05) is 6.61 Å². The second-order valence-electron chi connectivity index (χ2n) is 6.13. The Morgan fingerprint density at radius 1 is 1.05 bits per heavy atom. The summed E-state index contributed by atoms with van der Waals surface area (Å²) in [5.74, 6) is 0.920. The lowest BCUT2D eigenvalue weighted by atomic mass is 9.65. The Hall–Kier alpha value is -0.570. The number of methoxy groups -OCH3 is 1. The highest BCUT2D eigenvalue weighted by Crippen LogP contribution is 2.51. The number of carbonyl (C=O) groups excluding carboxylic acids is 1. The van der Waals surface area contributed by atoms with Crippen LogP contribution in [0.5, 0.6) is 0 Å². The Kier molecular flexibility index (Phi) is 5.26. The molecule has 0 aromatic heterocycles. The number of carbonyl (C=O) groups is 1. The molecule has 3 heteroatoms. The average molecular weight is 268 g/mol. The first-order valence-electron chi connectivity index (χ1n) is 7.91. The third kappa shape index (κ3) is 2.81. The minimum absolute atomic E-state index is 0.0141. The van der Waals surface area contributed by atoms with Gasteiger partial charge in [-0.3, -0.25) is 4.79 Å². The molecule has 0 bridgehead atoms. The summed E-state index contributed by atoms with van der Waals surface area (Å²) in [6.07, 6.45) is 9.67. The molecular weight excluding hydrogens is 240 g/mol. The van der Waals surface area contributed by atoms with Crippen molar-refractivity contribution in [3.05, 3.63) is 0 Å². The van der Waals surface area contributed by atoms with Crippen LogP contribution < -0.4 is 0 Å². The van der Waals surface area contributed by atoms with Crippen LogP contribution in [0.25, 0.3) is 0 Å². The van der Waals surface area contributed by atoms with E-state index in [-0.39, 0.29) is 11.4 Å². The van der Waals surface area contributed by atoms with Crippen LogP contribution in [0.1, 0.15) is 58.3 Å². The highest BCUT2D eigenvalue weighted by Gasteiger charge is 2.53. The fourth-order valence-corrected chi connectivity index (χ4v) is 4.30. The van der Waals surface area contributed by atoms with Gasteiger partial charge in [-0.05, 0) is 44.4 Å². The molecule has 110 valence electrons. The molecule has 0 aromatic rings. The summed E-state index contributed by atoms with van der Waals surface area (Å²) in [7, 11) is 1.53. The van der Waals surface area contributed by atoms with Gasteiger partial charge in [-0.15, -0.1) is 0 Å². The molecule has 0 spiro atoms. The molecule has 3 nitrogen and oxygen atoms in total. The molecule has 2 aliphatic rings. The monoisotopic (exact) mass is 268 g/mol. The third-order valence-corrected chi connectivity index (χ3v) is 5.28. The zero-order chi connectivity index (χ0) is 13.7. The Bertz CT molecular complexity index is 272. The van der Waals surface area contributed by atoms with E-state index in [1.165, 1.54) is 58.5 Å². The number of rotatable bonds is 6. The van der Waals surface area contributed by atoms with Crippen molar-refractivity contribution < 1.29 is 14.3 Å². The van der Waals surface area contributed by atoms with Crippen molar-refractivity contribution in [2.45, 2.75) is 58.3 Å². The number of esters is 1. The van der Waals surface area contributed by atoms with Gasteiger partial charge in [-0.25, -0.2) is 0 Å². The molecule has 0 amide bonds. The van der Waals surface area contributed by atoms with E-state index in [0.29, 0.717) is 25.0 Å². The topological polar surface area (TPSA) is 35.5 Å². The average Bonchev–Trinajstić information content (AvgIpc) is 3.12. The van der Waals surface area contributed by atoms with E-state index < -0.39 is 0 Å². The van der Waals surface area contributed by atoms with Gasteiger partial charge < -0.3 is 9.47 Å². The molecule has 0 radical (unpaired) electrons. The molecule has 0 aliphatic heterocycles. The first-order valence-corrected chi connectivity index (χ1v) is 7.91. The molecule has 0 unspecified atom stereocenters. The Morgan fingerprint density at radius 2 is 1.53 bits per heavy atom. The Balaban J connectivity index is 2.27. The van der Waals surface area contributed by atoms with E-state index in [1.807, 2.05) is 6.92 Å². The van der Waals surface area contributed by atoms with Crippen molar-refractivity contribution in [2.24, 2.45) is 17.3 Å². The minimum atomic E-state index is -0.363. The highest BCUT2D eigenvalue weighted by molar-refractivity contribution is 5.78. The summed E-state index contributed by atoms with van der Waals surface area (Å²) in [6, 6.07) is 0. The van der Waals surface area contributed by atoms with Gasteiger partial charge in [0.2, 0.25) is 0 Å². The second-order valence-corrected chi connectivity index (χ2v) is 6.13. The largest absolute Gasteiger partial charge is 0.469 e. The number of ether oxygens (including phenoxy) is 2. The molecule has 2 fully saturated rings. The summed E-state index contributed by atoms with van der Waals surface area (Å²) in [4.78, 5) is 12.6. The van der Waals surface area contributed by atoms with Crippen molar-refractivity contribution in [1.29, 1.82) is 0 Å². The van der Waals surface area contributed by atoms with Gasteiger partial charge in [-0.1, -0.05) is 25.7 Å². The smallest absolute Gasteiger partial charge is 0.314 e. The van der Waals surface area contributed by atoms with E-state index in [0.717, 1.165) is 0 Å². The summed E-state index contributed by atoms with van der Waals surface area (Å²) in [6.45, 7) is 3.25. The van der Waals surface area contributed by atoms with E-state index in [2.05, 4.69) is 0 Å². The minimum Gasteiger partial charge on any atom is -0.469 e. The fraction of sp³-hybridized carbons (Fsp3) is 0.938. The molecule has 2 aliphatic carbocycles. The second kappa shape index (κ2) is 6.74. The summed E-state index contributed by atoms with van der Waals surface area (Å²) < 4.78 is 11.0. The van der Waals surface area contributed by atoms with E-state index in [4.69, 9.17) is 9.47 Å². The van der Waals surface area contributed by atoms with Crippen molar-refractivity contribution in [3.8, 4) is 0 Å². The van der Waals surface area contributed by atoms with Gasteiger partial charge in [0.05, 0.1) is 19.1 Å². The molecule has 0 saturated heterocycles. The van der Waals surface area contributed by atoms with Gasteiger partial charge in [0.15, 0.2) is 0 Å². The van der Waals surface area contributed by atoms with Crippen molar-refractivity contribution in [2.75, 3.05) is 20.3 Å². The molecule has 19 heavy (non-hydrogen) atoms. The third-order valence-electron chi connectivity index (χ3n) is 5.28. The van der Waals surface area contributed by atoms with E-state index in [1.54, 1.807) is 0 Å². The SMILES string of the molecule is CCOCC(C(=O)OC)(C1CCCC1)C1CCCC1. The summed E-state index contributed by atoms with van der Waals surface area (Å²) >= 11 is 0. The van der Waals surface area contributed by atoms with Crippen LogP contribution in [-0.2, 0) is 14.3 Å². The van der Waals surface area contributed by atoms with Crippen LogP contribution >= 0.6 is 0 Å². The summed E-state index contributed by atoms with van der Waals surface area (Å²) in [5.41, 5.74) is -0.363. The van der Waals surface area contributed by atoms with Crippen LogP contribution in [0.2, 0.25) is 0 Å². The highest BCUT2D eigenvalue weighted by atomic mass is 16.5. The molecule has 2 rings (SSSR count). The maximum absolute atomic E-state index is 12.6. The lowest BCUT2D eigenvalue weighted by Gasteiger charge is -2.41. The number of hydrogen-bond acceptors (Lipinski definition) is 3. The first-order chi connectivity index (χ1) is 9.25. The van der Waals surface area contributed by atoms with Crippen LogP contribution in [0.3, 0.4) is 0 Å². The predicted octanol–water partition coefficient (Wildman–Crippen LogP) is 3.56. The van der Waals surface area contributed by atoms with Crippen LogP contribution in [-0.4, -0.2) is 26.3 Å². The molecule has 0 aromatic carbocycles. The quantitative estimate of drug-likeness (QED) is 0.691. The van der Waals surface area contributed by atoms with Crippen molar-refractivity contribution in [1.82, 2.24) is 0 Å². The lowest BCUT2D eigenvalue weighted by Crippen LogP contribution is -2.48. The van der Waals surface area contributed by atoms with Gasteiger partial charge >= 0.3 is 5.97 Å². The number of hydrogen-bond donors (Lipinski definition) is 0. The summed E-state index contributed by atoms with van der Waals surface area (Å²) in [5, 5.41) is 0. The van der Waals surface area contributed by atoms with Gasteiger partial charge in [-0.2, -0.15) is 0 Å². The Morgan fingerprint density at radius 3 is 1.89 bits per heavy atom. The molecule has 0 atom stereocenters. The first kappa shape index (κ1) is 14.8. The van der Waals surface area contributed by atoms with Crippen LogP contribution in [0.4, 0.5) is 0 Å². The van der Waals surface area contributed by atoms with Gasteiger partial charge in [0.25, 0.3) is 0 Å². The Labute approximate surface area is 117 Å². The molecule has 0 heterocycles.